The van der Waals surface area contributed by atoms with Crippen LogP contribution in [0.2, 0.25) is 0 Å². The molecule has 0 amide bonds. The van der Waals surface area contributed by atoms with Gasteiger partial charge in [-0.1, -0.05) is 18.2 Å². The summed E-state index contributed by atoms with van der Waals surface area (Å²) in [6, 6.07) is 6.15. The van der Waals surface area contributed by atoms with Crippen molar-refractivity contribution in [2.24, 2.45) is 11.7 Å². The van der Waals surface area contributed by atoms with Crippen LogP contribution in [0.3, 0.4) is 0 Å². The minimum Gasteiger partial charge on any atom is -0.465 e. The first-order valence-electron chi connectivity index (χ1n) is 7.34. The van der Waals surface area contributed by atoms with Crippen LogP contribution >= 0.6 is 0 Å². The molecule has 1 unspecified atom stereocenters. The standard InChI is InChI=1S/C16H22FNO3/c1-2-21-15(19)16(10-18,11-20-9-12-7-8-12)13-5-3-4-6-14(13)17/h3-6,12H,2,7-11,18H2,1H3. The quantitative estimate of drug-likeness (QED) is 0.745. The molecule has 0 heterocycles. The van der Waals surface area contributed by atoms with E-state index < -0.39 is 17.2 Å². The molecule has 1 aliphatic carbocycles. The number of esters is 1. The molecule has 2 N–H and O–H groups in total. The lowest BCUT2D eigenvalue weighted by Gasteiger charge is -2.30. The van der Waals surface area contributed by atoms with E-state index >= 15 is 0 Å². The second kappa shape index (κ2) is 7.00. The Morgan fingerprint density at radius 2 is 2.14 bits per heavy atom. The normalized spacial score (nSPS) is 17.3. The molecule has 1 fully saturated rings. The molecule has 0 saturated heterocycles. The summed E-state index contributed by atoms with van der Waals surface area (Å²) in [5.74, 6) is -0.442. The number of carbonyl (C=O) groups excluding carboxylic acids is 1. The fourth-order valence-electron chi connectivity index (χ4n) is 2.30. The van der Waals surface area contributed by atoms with Gasteiger partial charge in [0.05, 0.1) is 13.2 Å². The van der Waals surface area contributed by atoms with Crippen molar-refractivity contribution >= 4 is 5.97 Å². The molecule has 1 aromatic carbocycles. The minimum absolute atomic E-state index is 0.0414. The fraction of sp³-hybridized carbons (Fsp3) is 0.562. The van der Waals surface area contributed by atoms with Crippen molar-refractivity contribution < 1.29 is 18.7 Å². The van der Waals surface area contributed by atoms with Crippen molar-refractivity contribution in [1.82, 2.24) is 0 Å². The summed E-state index contributed by atoms with van der Waals surface area (Å²) >= 11 is 0. The number of hydrogen-bond donors (Lipinski definition) is 1. The Morgan fingerprint density at radius 3 is 2.71 bits per heavy atom. The van der Waals surface area contributed by atoms with Crippen LogP contribution in [0.1, 0.15) is 25.3 Å². The largest absolute Gasteiger partial charge is 0.465 e. The number of carbonyl (C=O) groups is 1. The number of hydrogen-bond acceptors (Lipinski definition) is 4. The molecule has 0 spiro atoms. The second-order valence-electron chi connectivity index (χ2n) is 5.45. The van der Waals surface area contributed by atoms with Crippen LogP contribution in [-0.2, 0) is 19.7 Å². The van der Waals surface area contributed by atoms with Gasteiger partial charge in [-0.05, 0) is 31.7 Å². The highest BCUT2D eigenvalue weighted by Crippen LogP contribution is 2.32. The third-order valence-electron chi connectivity index (χ3n) is 3.80. The van der Waals surface area contributed by atoms with E-state index in [9.17, 15) is 9.18 Å². The average Bonchev–Trinajstić information content (AvgIpc) is 3.29. The molecule has 0 aromatic heterocycles. The fourth-order valence-corrected chi connectivity index (χ4v) is 2.30. The van der Waals surface area contributed by atoms with Crippen LogP contribution in [0, 0.1) is 11.7 Å². The Hall–Kier alpha value is -1.46. The van der Waals surface area contributed by atoms with Crippen molar-refractivity contribution in [2.75, 3.05) is 26.4 Å². The molecule has 2 rings (SSSR count). The monoisotopic (exact) mass is 295 g/mol. The van der Waals surface area contributed by atoms with Crippen molar-refractivity contribution in [3.05, 3.63) is 35.6 Å². The molecule has 5 heteroatoms. The van der Waals surface area contributed by atoms with Gasteiger partial charge in [0.15, 0.2) is 0 Å². The van der Waals surface area contributed by atoms with Crippen molar-refractivity contribution in [2.45, 2.75) is 25.2 Å². The van der Waals surface area contributed by atoms with Gasteiger partial charge < -0.3 is 15.2 Å². The smallest absolute Gasteiger partial charge is 0.320 e. The predicted molar refractivity (Wildman–Crippen MR) is 77.3 cm³/mol. The number of benzene rings is 1. The van der Waals surface area contributed by atoms with E-state index in [-0.39, 0.29) is 25.3 Å². The SMILES string of the molecule is CCOC(=O)C(CN)(COCC1CC1)c1ccccc1F. The molecular weight excluding hydrogens is 273 g/mol. The third kappa shape index (κ3) is 3.60. The van der Waals surface area contributed by atoms with Gasteiger partial charge in [0.25, 0.3) is 0 Å². The van der Waals surface area contributed by atoms with Crippen LogP contribution < -0.4 is 5.73 Å². The molecular formula is C16H22FNO3. The Morgan fingerprint density at radius 1 is 1.43 bits per heavy atom. The van der Waals surface area contributed by atoms with Gasteiger partial charge in [-0.3, -0.25) is 4.79 Å². The van der Waals surface area contributed by atoms with Crippen LogP contribution in [0.5, 0.6) is 0 Å². The van der Waals surface area contributed by atoms with E-state index in [1.807, 2.05) is 0 Å². The van der Waals surface area contributed by atoms with E-state index in [2.05, 4.69) is 0 Å². The highest BCUT2D eigenvalue weighted by molar-refractivity contribution is 5.84. The molecule has 1 aliphatic rings. The van der Waals surface area contributed by atoms with E-state index in [4.69, 9.17) is 15.2 Å². The zero-order chi connectivity index (χ0) is 15.3. The van der Waals surface area contributed by atoms with Gasteiger partial charge >= 0.3 is 5.97 Å². The number of ether oxygens (including phenoxy) is 2. The van der Waals surface area contributed by atoms with Gasteiger partial charge in [0.1, 0.15) is 11.2 Å². The number of rotatable bonds is 8. The predicted octanol–water partition coefficient (Wildman–Crippen LogP) is 2.01. The lowest BCUT2D eigenvalue weighted by atomic mass is 9.80. The first-order chi connectivity index (χ1) is 10.1. The van der Waals surface area contributed by atoms with E-state index in [0.29, 0.717) is 12.5 Å². The maximum Gasteiger partial charge on any atom is 0.320 e. The molecule has 21 heavy (non-hydrogen) atoms. The van der Waals surface area contributed by atoms with Crippen molar-refractivity contribution in [3.63, 3.8) is 0 Å². The highest BCUT2D eigenvalue weighted by Gasteiger charge is 2.43. The maximum absolute atomic E-state index is 14.2. The number of nitrogens with two attached hydrogens (primary N) is 1. The summed E-state index contributed by atoms with van der Waals surface area (Å²) in [6.07, 6.45) is 2.30. The van der Waals surface area contributed by atoms with Crippen molar-refractivity contribution in [3.8, 4) is 0 Å². The molecule has 0 bridgehead atoms. The van der Waals surface area contributed by atoms with Crippen LogP contribution in [-0.4, -0.2) is 32.3 Å². The Balaban J connectivity index is 2.25. The molecule has 4 nitrogen and oxygen atoms in total. The zero-order valence-corrected chi connectivity index (χ0v) is 12.3. The average molecular weight is 295 g/mol. The summed E-state index contributed by atoms with van der Waals surface area (Å²) in [5.41, 5.74) is 4.78. The molecule has 1 atom stereocenters. The van der Waals surface area contributed by atoms with Crippen LogP contribution in [0.15, 0.2) is 24.3 Å². The van der Waals surface area contributed by atoms with Gasteiger partial charge in [0.2, 0.25) is 0 Å². The molecule has 0 aliphatic heterocycles. The van der Waals surface area contributed by atoms with Crippen LogP contribution in [0.4, 0.5) is 4.39 Å². The second-order valence-corrected chi connectivity index (χ2v) is 5.45. The summed E-state index contributed by atoms with van der Waals surface area (Å²) < 4.78 is 24.9. The zero-order valence-electron chi connectivity index (χ0n) is 12.3. The van der Waals surface area contributed by atoms with Crippen molar-refractivity contribution in [1.29, 1.82) is 0 Å². The van der Waals surface area contributed by atoms with E-state index in [1.54, 1.807) is 25.1 Å². The first kappa shape index (κ1) is 15.9. The molecule has 0 radical (unpaired) electrons. The molecule has 116 valence electrons. The Bertz CT molecular complexity index is 490. The topological polar surface area (TPSA) is 61.5 Å². The Kier molecular flexibility index (Phi) is 5.31. The van der Waals surface area contributed by atoms with Crippen LogP contribution in [0.25, 0.3) is 0 Å². The maximum atomic E-state index is 14.2. The van der Waals surface area contributed by atoms with Gasteiger partial charge in [-0.2, -0.15) is 0 Å². The first-order valence-corrected chi connectivity index (χ1v) is 7.34. The summed E-state index contributed by atoms with van der Waals surface area (Å²) in [7, 11) is 0. The van der Waals surface area contributed by atoms with E-state index in [0.717, 1.165) is 12.8 Å². The summed E-state index contributed by atoms with van der Waals surface area (Å²) in [4.78, 5) is 12.4. The van der Waals surface area contributed by atoms with Gasteiger partial charge in [-0.25, -0.2) is 4.39 Å². The van der Waals surface area contributed by atoms with E-state index in [1.165, 1.54) is 6.07 Å². The lowest BCUT2D eigenvalue weighted by molar-refractivity contribution is -0.152. The minimum atomic E-state index is -1.28. The number of halogens is 1. The molecule has 1 aromatic rings. The highest BCUT2D eigenvalue weighted by atomic mass is 19.1. The Labute approximate surface area is 124 Å². The summed E-state index contributed by atoms with van der Waals surface area (Å²) in [6.45, 7) is 2.50. The van der Waals surface area contributed by atoms with Gasteiger partial charge in [0, 0.05) is 18.7 Å². The lowest BCUT2D eigenvalue weighted by Crippen LogP contribution is -2.48. The summed E-state index contributed by atoms with van der Waals surface area (Å²) in [5, 5.41) is 0. The van der Waals surface area contributed by atoms with Gasteiger partial charge in [-0.15, -0.1) is 0 Å². The molecule has 1 saturated carbocycles. The third-order valence-corrected chi connectivity index (χ3v) is 3.80.